The fourth-order valence-corrected chi connectivity index (χ4v) is 2.30. The summed E-state index contributed by atoms with van der Waals surface area (Å²) in [6.45, 7) is 0. The molecule has 1 heterocycles. The van der Waals surface area contributed by atoms with Crippen molar-refractivity contribution in [3.05, 3.63) is 21.0 Å². The molecule has 0 saturated carbocycles. The minimum atomic E-state index is -2.61. The monoisotopic (exact) mass is 333 g/mol. The van der Waals surface area contributed by atoms with Crippen LogP contribution in [0.4, 0.5) is 8.78 Å². The van der Waals surface area contributed by atoms with Crippen LogP contribution in [-0.2, 0) is 5.88 Å². The Morgan fingerprint density at radius 1 is 1.64 bits per heavy atom. The molecule has 0 N–H and O–H groups in total. The van der Waals surface area contributed by atoms with Crippen molar-refractivity contribution in [2.24, 2.45) is 0 Å². The van der Waals surface area contributed by atoms with Crippen molar-refractivity contribution in [2.75, 3.05) is 7.11 Å². The third-order valence-electron chi connectivity index (χ3n) is 1.67. The number of methoxy groups -OCH3 is 1. The van der Waals surface area contributed by atoms with E-state index in [2.05, 4.69) is 4.98 Å². The van der Waals surface area contributed by atoms with Crippen LogP contribution in [0.1, 0.15) is 17.7 Å². The Labute approximate surface area is 98.8 Å². The lowest BCUT2D eigenvalue weighted by Gasteiger charge is -2.10. The highest BCUT2D eigenvalue weighted by Crippen LogP contribution is 2.31. The molecule has 0 unspecified atom stereocenters. The van der Waals surface area contributed by atoms with Gasteiger partial charge >= 0.3 is 0 Å². The van der Waals surface area contributed by atoms with Gasteiger partial charge in [0.1, 0.15) is 5.69 Å². The maximum atomic E-state index is 12.5. The summed E-state index contributed by atoms with van der Waals surface area (Å²) in [5.74, 6) is 0.466. The SMILES string of the molecule is COc1cnc(C(F)F)c(CCl)c1I. The highest BCUT2D eigenvalue weighted by molar-refractivity contribution is 14.1. The highest BCUT2D eigenvalue weighted by atomic mass is 127. The van der Waals surface area contributed by atoms with E-state index >= 15 is 0 Å². The normalized spacial score (nSPS) is 10.7. The van der Waals surface area contributed by atoms with E-state index in [1.54, 1.807) is 0 Å². The molecule has 0 atom stereocenters. The number of hydrogen-bond donors (Lipinski definition) is 0. The first-order valence-corrected chi connectivity index (χ1v) is 5.28. The molecule has 0 radical (unpaired) electrons. The molecule has 0 spiro atoms. The van der Waals surface area contributed by atoms with Crippen LogP contribution >= 0.6 is 34.2 Å². The zero-order valence-corrected chi connectivity index (χ0v) is 10.1. The molecule has 0 bridgehead atoms. The van der Waals surface area contributed by atoms with Gasteiger partial charge in [-0.15, -0.1) is 11.6 Å². The van der Waals surface area contributed by atoms with Crippen molar-refractivity contribution in [2.45, 2.75) is 12.3 Å². The van der Waals surface area contributed by atoms with E-state index in [1.807, 2.05) is 22.6 Å². The van der Waals surface area contributed by atoms with E-state index in [-0.39, 0.29) is 11.6 Å². The molecule has 0 aliphatic heterocycles. The molecular weight excluding hydrogens is 326 g/mol. The lowest BCUT2D eigenvalue weighted by atomic mass is 10.2. The predicted molar refractivity (Wildman–Crippen MR) is 58.0 cm³/mol. The Hall–Kier alpha value is -0.170. The third kappa shape index (κ3) is 2.25. The topological polar surface area (TPSA) is 22.1 Å². The van der Waals surface area contributed by atoms with Crippen LogP contribution < -0.4 is 4.74 Å². The van der Waals surface area contributed by atoms with Crippen LogP contribution in [0.5, 0.6) is 5.75 Å². The van der Waals surface area contributed by atoms with Crippen LogP contribution in [0.3, 0.4) is 0 Å². The molecule has 0 amide bonds. The summed E-state index contributed by atoms with van der Waals surface area (Å²) in [4.78, 5) is 3.62. The molecule has 2 nitrogen and oxygen atoms in total. The van der Waals surface area contributed by atoms with Crippen molar-refractivity contribution >= 4 is 34.2 Å². The number of ether oxygens (including phenoxy) is 1. The summed E-state index contributed by atoms with van der Waals surface area (Å²) in [5.41, 5.74) is 0.0619. The van der Waals surface area contributed by atoms with Crippen molar-refractivity contribution in [1.82, 2.24) is 4.98 Å². The second kappa shape index (κ2) is 5.06. The van der Waals surface area contributed by atoms with E-state index in [0.29, 0.717) is 14.9 Å². The second-order valence-corrected chi connectivity index (χ2v) is 3.78. The summed E-state index contributed by atoms with van der Waals surface area (Å²) in [7, 11) is 1.46. The van der Waals surface area contributed by atoms with Gasteiger partial charge in [0.05, 0.1) is 22.8 Å². The molecule has 14 heavy (non-hydrogen) atoms. The van der Waals surface area contributed by atoms with Gasteiger partial charge in [-0.1, -0.05) is 0 Å². The maximum absolute atomic E-state index is 12.5. The Kier molecular flexibility index (Phi) is 4.31. The van der Waals surface area contributed by atoms with Gasteiger partial charge in [0.15, 0.2) is 5.75 Å². The Balaban J connectivity index is 3.28. The Morgan fingerprint density at radius 2 is 2.29 bits per heavy atom. The van der Waals surface area contributed by atoms with Crippen molar-refractivity contribution in [3.8, 4) is 5.75 Å². The molecule has 6 heteroatoms. The van der Waals surface area contributed by atoms with E-state index in [4.69, 9.17) is 16.3 Å². The molecular formula is C8H7ClF2INO. The molecule has 0 aliphatic rings. The fourth-order valence-electron chi connectivity index (χ4n) is 0.981. The Morgan fingerprint density at radius 3 is 2.71 bits per heavy atom. The lowest BCUT2D eigenvalue weighted by molar-refractivity contribution is 0.145. The third-order valence-corrected chi connectivity index (χ3v) is 3.12. The molecule has 0 fully saturated rings. The predicted octanol–water partition coefficient (Wildman–Crippen LogP) is 3.37. The van der Waals surface area contributed by atoms with Crippen molar-refractivity contribution in [3.63, 3.8) is 0 Å². The summed E-state index contributed by atoms with van der Waals surface area (Å²) in [6.07, 6.45) is -1.33. The van der Waals surface area contributed by atoms with E-state index in [0.717, 1.165) is 0 Å². The van der Waals surface area contributed by atoms with Gasteiger partial charge in [0, 0.05) is 5.56 Å². The van der Waals surface area contributed by atoms with E-state index in [9.17, 15) is 8.78 Å². The van der Waals surface area contributed by atoms with Gasteiger partial charge in [-0.05, 0) is 22.6 Å². The minimum Gasteiger partial charge on any atom is -0.494 e. The van der Waals surface area contributed by atoms with Gasteiger partial charge in [0.25, 0.3) is 6.43 Å². The number of alkyl halides is 3. The first kappa shape index (κ1) is 11.9. The molecule has 78 valence electrons. The molecule has 1 rings (SSSR count). The zero-order valence-electron chi connectivity index (χ0n) is 7.23. The minimum absolute atomic E-state index is 0.00213. The van der Waals surface area contributed by atoms with Crippen LogP contribution in [0.25, 0.3) is 0 Å². The number of hydrogen-bond acceptors (Lipinski definition) is 2. The number of nitrogens with zero attached hydrogens (tertiary/aromatic N) is 1. The first-order valence-electron chi connectivity index (χ1n) is 3.67. The molecule has 0 aromatic carbocycles. The van der Waals surface area contributed by atoms with Crippen LogP contribution in [0.2, 0.25) is 0 Å². The second-order valence-electron chi connectivity index (χ2n) is 2.44. The van der Waals surface area contributed by atoms with Gasteiger partial charge < -0.3 is 4.74 Å². The number of rotatable bonds is 3. The summed E-state index contributed by atoms with van der Waals surface area (Å²) >= 11 is 7.49. The van der Waals surface area contributed by atoms with E-state index in [1.165, 1.54) is 13.3 Å². The van der Waals surface area contributed by atoms with Crippen molar-refractivity contribution < 1.29 is 13.5 Å². The average Bonchev–Trinajstić information content (AvgIpc) is 2.17. The number of pyridine rings is 1. The highest BCUT2D eigenvalue weighted by Gasteiger charge is 2.19. The average molecular weight is 334 g/mol. The van der Waals surface area contributed by atoms with E-state index < -0.39 is 6.43 Å². The maximum Gasteiger partial charge on any atom is 0.280 e. The number of aromatic nitrogens is 1. The van der Waals surface area contributed by atoms with Crippen LogP contribution in [0, 0.1) is 3.57 Å². The van der Waals surface area contributed by atoms with Crippen molar-refractivity contribution in [1.29, 1.82) is 0 Å². The standard InChI is InChI=1S/C8H7ClF2INO/c1-14-5-3-13-7(8(10)11)4(2-9)6(5)12/h3,8H,2H2,1H3. The quantitative estimate of drug-likeness (QED) is 0.625. The molecule has 1 aromatic rings. The zero-order chi connectivity index (χ0) is 10.7. The fraction of sp³-hybridized carbons (Fsp3) is 0.375. The molecule has 0 aliphatic carbocycles. The van der Waals surface area contributed by atoms with Crippen LogP contribution in [-0.4, -0.2) is 12.1 Å². The Bertz CT molecular complexity index is 335. The summed E-state index contributed by atoms with van der Waals surface area (Å²) in [5, 5.41) is 0. The largest absolute Gasteiger partial charge is 0.494 e. The lowest BCUT2D eigenvalue weighted by Crippen LogP contribution is -2.02. The first-order chi connectivity index (χ1) is 6.61. The van der Waals surface area contributed by atoms with Crippen LogP contribution in [0.15, 0.2) is 6.20 Å². The molecule has 1 aromatic heterocycles. The number of halogens is 4. The smallest absolute Gasteiger partial charge is 0.280 e. The summed E-state index contributed by atoms with van der Waals surface area (Å²) in [6, 6.07) is 0. The van der Waals surface area contributed by atoms with Gasteiger partial charge in [-0.3, -0.25) is 4.98 Å². The molecule has 0 saturated heterocycles. The van der Waals surface area contributed by atoms with Gasteiger partial charge in [-0.2, -0.15) is 0 Å². The van der Waals surface area contributed by atoms with Gasteiger partial charge in [0.2, 0.25) is 0 Å². The van der Waals surface area contributed by atoms with Gasteiger partial charge in [-0.25, -0.2) is 8.78 Å². The summed E-state index contributed by atoms with van der Waals surface area (Å²) < 4.78 is 30.5.